The van der Waals surface area contributed by atoms with E-state index in [1.165, 1.54) is 11.3 Å². The van der Waals surface area contributed by atoms with Gasteiger partial charge in [-0.1, -0.05) is 53.3 Å². The molecule has 1 unspecified atom stereocenters. The van der Waals surface area contributed by atoms with Crippen LogP contribution in [0, 0.1) is 0 Å². The molecular weight excluding hydrogens is 484 g/mol. The normalized spacial score (nSPS) is 16.2. The first-order valence-electron chi connectivity index (χ1n) is 10.2. The maximum Gasteiger partial charge on any atom is 0.227 e. The highest BCUT2D eigenvalue weighted by Gasteiger charge is 2.34. The van der Waals surface area contributed by atoms with E-state index in [2.05, 4.69) is 15.5 Å². The number of nitrogens with one attached hydrogen (secondary N) is 1. The Balaban J connectivity index is 1.31. The smallest absolute Gasteiger partial charge is 0.227 e. The van der Waals surface area contributed by atoms with Crippen LogP contribution in [-0.2, 0) is 25.2 Å². The topological polar surface area (TPSA) is 109 Å². The fraction of sp³-hybridized carbons (Fsp3) is 0.273. The van der Waals surface area contributed by atoms with E-state index in [0.717, 1.165) is 5.69 Å². The summed E-state index contributed by atoms with van der Waals surface area (Å²) in [5.41, 5.74) is 1.45. The van der Waals surface area contributed by atoms with Gasteiger partial charge in [-0.3, -0.25) is 9.59 Å². The zero-order valence-corrected chi connectivity index (χ0v) is 19.9. The maximum absolute atomic E-state index is 12.5. The summed E-state index contributed by atoms with van der Waals surface area (Å²) in [5, 5.41) is 12.3. The Bertz CT molecular complexity index is 1250. The van der Waals surface area contributed by atoms with Crippen LogP contribution >= 0.6 is 22.9 Å². The molecular formula is C22H21ClN4O4S2. The number of aromatic nitrogens is 2. The molecule has 8 nitrogen and oxygen atoms in total. The Kier molecular flexibility index (Phi) is 7.06. The second kappa shape index (κ2) is 9.98. The molecule has 2 amide bonds. The molecule has 1 aliphatic rings. The van der Waals surface area contributed by atoms with Gasteiger partial charge in [-0.2, -0.15) is 0 Å². The Morgan fingerprint density at radius 2 is 1.85 bits per heavy atom. The average Bonchev–Trinajstić information content (AvgIpc) is 3.40. The molecule has 3 aromatic rings. The second-order valence-corrected chi connectivity index (χ2v) is 11.3. The van der Waals surface area contributed by atoms with Gasteiger partial charge in [0.05, 0.1) is 11.5 Å². The Hall–Kier alpha value is -2.82. The maximum atomic E-state index is 12.5. The SMILES string of the molecule is O=C(CCS(=O)(=O)Cc1ccccc1)Nc1nnc(C2CC(=O)N(c3ccc(Cl)cc3)C2)s1. The number of halogens is 1. The van der Waals surface area contributed by atoms with Crippen molar-refractivity contribution in [1.29, 1.82) is 0 Å². The molecule has 1 aromatic heterocycles. The predicted octanol–water partition coefficient (Wildman–Crippen LogP) is 3.66. The van der Waals surface area contributed by atoms with Crippen LogP contribution in [0.2, 0.25) is 5.02 Å². The van der Waals surface area contributed by atoms with Crippen LogP contribution in [0.5, 0.6) is 0 Å². The lowest BCUT2D eigenvalue weighted by Gasteiger charge is -2.16. The summed E-state index contributed by atoms with van der Waals surface area (Å²) in [5.74, 6) is -0.967. The van der Waals surface area contributed by atoms with Gasteiger partial charge in [0.25, 0.3) is 0 Å². The van der Waals surface area contributed by atoms with E-state index >= 15 is 0 Å². The fourth-order valence-corrected chi connectivity index (χ4v) is 5.84. The molecule has 0 radical (unpaired) electrons. The van der Waals surface area contributed by atoms with Crippen LogP contribution in [0.15, 0.2) is 54.6 Å². The van der Waals surface area contributed by atoms with Gasteiger partial charge in [-0.05, 0) is 29.8 Å². The number of carbonyl (C=O) groups is 2. The summed E-state index contributed by atoms with van der Waals surface area (Å²) in [6.45, 7) is 0.459. The van der Waals surface area contributed by atoms with Crippen molar-refractivity contribution < 1.29 is 18.0 Å². The number of sulfone groups is 1. The van der Waals surface area contributed by atoms with E-state index in [1.807, 2.05) is 6.07 Å². The van der Waals surface area contributed by atoms with Gasteiger partial charge in [0.15, 0.2) is 9.84 Å². The lowest BCUT2D eigenvalue weighted by atomic mass is 10.1. The van der Waals surface area contributed by atoms with Crippen molar-refractivity contribution in [3.8, 4) is 0 Å². The first kappa shape index (κ1) is 23.3. The summed E-state index contributed by atoms with van der Waals surface area (Å²) in [7, 11) is -3.42. The van der Waals surface area contributed by atoms with Crippen molar-refractivity contribution in [2.75, 3.05) is 22.5 Å². The fourth-order valence-electron chi connectivity index (χ4n) is 3.52. The third-order valence-electron chi connectivity index (χ3n) is 5.17. The second-order valence-electron chi connectivity index (χ2n) is 7.70. The molecule has 1 aliphatic heterocycles. The highest BCUT2D eigenvalue weighted by Crippen LogP contribution is 2.34. The van der Waals surface area contributed by atoms with Crippen LogP contribution < -0.4 is 10.2 Å². The van der Waals surface area contributed by atoms with Crippen molar-refractivity contribution in [2.45, 2.75) is 24.5 Å². The van der Waals surface area contributed by atoms with E-state index in [4.69, 9.17) is 11.6 Å². The third kappa shape index (κ3) is 6.16. The van der Waals surface area contributed by atoms with Crippen molar-refractivity contribution in [2.24, 2.45) is 0 Å². The molecule has 0 saturated carbocycles. The van der Waals surface area contributed by atoms with Gasteiger partial charge in [-0.15, -0.1) is 10.2 Å². The van der Waals surface area contributed by atoms with Gasteiger partial charge in [-0.25, -0.2) is 8.42 Å². The number of benzene rings is 2. The molecule has 1 fully saturated rings. The molecule has 2 aromatic carbocycles. The molecule has 0 spiro atoms. The lowest BCUT2D eigenvalue weighted by molar-refractivity contribution is -0.117. The van der Waals surface area contributed by atoms with Crippen molar-refractivity contribution >= 4 is 55.4 Å². The van der Waals surface area contributed by atoms with Crippen molar-refractivity contribution in [3.63, 3.8) is 0 Å². The van der Waals surface area contributed by atoms with E-state index in [0.29, 0.717) is 28.6 Å². The molecule has 0 aliphatic carbocycles. The zero-order valence-electron chi connectivity index (χ0n) is 17.5. The molecule has 33 heavy (non-hydrogen) atoms. The first-order chi connectivity index (χ1) is 15.8. The van der Waals surface area contributed by atoms with Crippen molar-refractivity contribution in [1.82, 2.24) is 10.2 Å². The monoisotopic (exact) mass is 504 g/mol. The highest BCUT2D eigenvalue weighted by molar-refractivity contribution is 7.90. The summed E-state index contributed by atoms with van der Waals surface area (Å²) >= 11 is 7.11. The minimum Gasteiger partial charge on any atom is -0.312 e. The molecule has 11 heteroatoms. The summed E-state index contributed by atoms with van der Waals surface area (Å²) in [6.07, 6.45) is 0.124. The first-order valence-corrected chi connectivity index (χ1v) is 13.2. The number of hydrogen-bond acceptors (Lipinski definition) is 7. The lowest BCUT2D eigenvalue weighted by Crippen LogP contribution is -2.24. The van der Waals surface area contributed by atoms with Crippen LogP contribution in [0.25, 0.3) is 0 Å². The number of nitrogens with zero attached hydrogens (tertiary/aromatic N) is 3. The Labute approximate surface area is 200 Å². The van der Waals surface area contributed by atoms with Crippen LogP contribution in [0.1, 0.15) is 29.3 Å². The van der Waals surface area contributed by atoms with Gasteiger partial charge >= 0.3 is 0 Å². The number of amides is 2. The molecule has 1 N–H and O–H groups in total. The number of anilines is 2. The quantitative estimate of drug-likeness (QED) is 0.501. The van der Waals surface area contributed by atoms with E-state index < -0.39 is 15.7 Å². The van der Waals surface area contributed by atoms with Crippen molar-refractivity contribution in [3.05, 3.63) is 70.2 Å². The van der Waals surface area contributed by atoms with E-state index in [9.17, 15) is 18.0 Å². The Morgan fingerprint density at radius 1 is 1.12 bits per heavy atom. The summed E-state index contributed by atoms with van der Waals surface area (Å²) < 4.78 is 24.6. The van der Waals surface area contributed by atoms with Gasteiger partial charge < -0.3 is 10.2 Å². The Morgan fingerprint density at radius 3 is 2.58 bits per heavy atom. The summed E-state index contributed by atoms with van der Waals surface area (Å²) in [6, 6.07) is 15.9. The molecule has 0 bridgehead atoms. The van der Waals surface area contributed by atoms with Crippen LogP contribution in [0.4, 0.5) is 10.8 Å². The molecule has 2 heterocycles. The minimum atomic E-state index is -3.42. The molecule has 4 rings (SSSR count). The largest absolute Gasteiger partial charge is 0.312 e. The number of carbonyl (C=O) groups excluding carboxylic acids is 2. The average molecular weight is 505 g/mol. The van der Waals surface area contributed by atoms with Gasteiger partial charge in [0.1, 0.15) is 5.01 Å². The molecule has 1 atom stereocenters. The predicted molar refractivity (Wildman–Crippen MR) is 128 cm³/mol. The molecule has 172 valence electrons. The zero-order chi connectivity index (χ0) is 23.4. The minimum absolute atomic E-state index is 0.0215. The number of rotatable bonds is 8. The van der Waals surface area contributed by atoms with E-state index in [-0.39, 0.29) is 34.9 Å². The summed E-state index contributed by atoms with van der Waals surface area (Å²) in [4.78, 5) is 26.4. The van der Waals surface area contributed by atoms with Gasteiger partial charge in [0.2, 0.25) is 16.9 Å². The van der Waals surface area contributed by atoms with Gasteiger partial charge in [0, 0.05) is 36.0 Å². The van der Waals surface area contributed by atoms with E-state index in [1.54, 1.807) is 53.4 Å². The number of hydrogen-bond donors (Lipinski definition) is 1. The van der Waals surface area contributed by atoms with Crippen LogP contribution in [-0.4, -0.2) is 42.7 Å². The highest BCUT2D eigenvalue weighted by atomic mass is 35.5. The van der Waals surface area contributed by atoms with Crippen LogP contribution in [0.3, 0.4) is 0 Å². The third-order valence-corrected chi connectivity index (χ3v) is 8.02. The molecule has 1 saturated heterocycles. The standard InChI is InChI=1S/C22H21ClN4O4S2/c23-17-6-8-18(9-7-17)27-13-16(12-20(27)29)21-25-26-22(32-21)24-19(28)10-11-33(30,31)14-15-4-2-1-3-5-15/h1-9,16H,10-14H2,(H,24,26,28).